The van der Waals surface area contributed by atoms with Crippen LogP contribution in [0.25, 0.3) is 0 Å². The lowest BCUT2D eigenvalue weighted by molar-refractivity contribution is -0.384. The van der Waals surface area contributed by atoms with Gasteiger partial charge < -0.3 is 10.6 Å². The highest BCUT2D eigenvalue weighted by Gasteiger charge is 2.34. The monoisotopic (exact) mass is 304 g/mol. The van der Waals surface area contributed by atoms with Gasteiger partial charge >= 0.3 is 11.9 Å². The van der Waals surface area contributed by atoms with Gasteiger partial charge in [0.05, 0.1) is 4.92 Å². The van der Waals surface area contributed by atoms with Crippen LogP contribution in [-0.4, -0.2) is 29.0 Å². The number of rotatable bonds is 5. The predicted octanol–water partition coefficient (Wildman–Crippen LogP) is 2.56. The van der Waals surface area contributed by atoms with Crippen LogP contribution in [0, 0.1) is 10.1 Å². The van der Waals surface area contributed by atoms with Crippen molar-refractivity contribution in [3.8, 4) is 0 Å². The Labute approximate surface area is 118 Å². The van der Waals surface area contributed by atoms with Crippen LogP contribution in [0.1, 0.15) is 25.0 Å². The molecule has 1 atom stereocenters. The van der Waals surface area contributed by atoms with Crippen LogP contribution < -0.4 is 10.6 Å². The molecule has 0 bridgehead atoms. The Morgan fingerprint density at radius 3 is 2.86 bits per heavy atom. The van der Waals surface area contributed by atoms with Crippen LogP contribution in [0.3, 0.4) is 0 Å². The van der Waals surface area contributed by atoms with E-state index < -0.39 is 22.5 Å². The normalized spacial score (nSPS) is 18.7. The van der Waals surface area contributed by atoms with Gasteiger partial charge in [-0.3, -0.25) is 10.1 Å². The topological polar surface area (TPSA) is 80.1 Å². The fourth-order valence-corrected chi connectivity index (χ4v) is 2.27. The van der Waals surface area contributed by atoms with E-state index in [1.54, 1.807) is 0 Å². The molecule has 2 N–H and O–H groups in total. The van der Waals surface area contributed by atoms with E-state index in [1.807, 2.05) is 0 Å². The molecular formula is C12H15F3N4O2. The molecule has 2 rings (SSSR count). The van der Waals surface area contributed by atoms with E-state index in [9.17, 15) is 23.3 Å². The van der Waals surface area contributed by atoms with Crippen LogP contribution >= 0.6 is 0 Å². The summed E-state index contributed by atoms with van der Waals surface area (Å²) in [5, 5.41) is 16.8. The Hall–Kier alpha value is -1.90. The summed E-state index contributed by atoms with van der Waals surface area (Å²) < 4.78 is 37.8. The van der Waals surface area contributed by atoms with E-state index in [-0.39, 0.29) is 5.69 Å². The quantitative estimate of drug-likeness (QED) is 0.645. The van der Waals surface area contributed by atoms with Crippen molar-refractivity contribution in [2.75, 3.05) is 18.4 Å². The second-order valence-corrected chi connectivity index (χ2v) is 4.85. The molecule has 1 fully saturated rings. The molecule has 0 saturated carbocycles. The van der Waals surface area contributed by atoms with Gasteiger partial charge in [-0.25, -0.2) is 4.98 Å². The largest absolute Gasteiger partial charge is 0.433 e. The van der Waals surface area contributed by atoms with Crippen LogP contribution in [0.4, 0.5) is 24.5 Å². The molecule has 0 aliphatic carbocycles. The molecule has 0 aromatic carbocycles. The molecule has 1 aromatic rings. The first-order valence-corrected chi connectivity index (χ1v) is 6.57. The summed E-state index contributed by atoms with van der Waals surface area (Å²) in [6.07, 6.45) is -1.22. The van der Waals surface area contributed by atoms with Gasteiger partial charge in [0, 0.05) is 12.6 Å². The second kappa shape index (κ2) is 6.25. The zero-order chi connectivity index (χ0) is 15.5. The van der Waals surface area contributed by atoms with Gasteiger partial charge in [-0.15, -0.1) is 0 Å². The molecule has 1 aliphatic heterocycles. The maximum Gasteiger partial charge on any atom is 0.433 e. The second-order valence-electron chi connectivity index (χ2n) is 4.85. The summed E-state index contributed by atoms with van der Waals surface area (Å²) in [5.74, 6) is 0. The zero-order valence-electron chi connectivity index (χ0n) is 11.1. The molecule has 0 amide bonds. The molecule has 1 aliphatic rings. The number of halogens is 3. The third kappa shape index (κ3) is 4.03. The number of nitro groups is 1. The molecule has 2 heterocycles. The summed E-state index contributed by atoms with van der Waals surface area (Å²) in [4.78, 5) is 13.2. The van der Waals surface area contributed by atoms with E-state index in [4.69, 9.17) is 0 Å². The number of pyridine rings is 1. The van der Waals surface area contributed by atoms with Crippen LogP contribution in [0.5, 0.6) is 0 Å². The molecule has 0 spiro atoms. The molecule has 116 valence electrons. The van der Waals surface area contributed by atoms with Crippen molar-refractivity contribution in [3.05, 3.63) is 28.1 Å². The smallest absolute Gasteiger partial charge is 0.379 e. The average Bonchev–Trinajstić information content (AvgIpc) is 2.90. The first kappa shape index (κ1) is 15.5. The van der Waals surface area contributed by atoms with Gasteiger partial charge in [-0.05, 0) is 31.9 Å². The molecule has 1 aromatic heterocycles. The number of aromatic nitrogens is 1. The predicted molar refractivity (Wildman–Crippen MR) is 70.0 cm³/mol. The van der Waals surface area contributed by atoms with Gasteiger partial charge in [-0.1, -0.05) is 0 Å². The van der Waals surface area contributed by atoms with Crippen LogP contribution in [0.2, 0.25) is 0 Å². The van der Waals surface area contributed by atoms with Gasteiger partial charge in [0.2, 0.25) is 0 Å². The number of nitrogens with zero attached hydrogens (tertiary/aromatic N) is 2. The Kier molecular flexibility index (Phi) is 4.61. The lowest BCUT2D eigenvalue weighted by Gasteiger charge is -2.13. The van der Waals surface area contributed by atoms with Crippen molar-refractivity contribution in [3.63, 3.8) is 0 Å². The number of hydrogen-bond acceptors (Lipinski definition) is 5. The maximum atomic E-state index is 12.6. The first-order valence-electron chi connectivity index (χ1n) is 6.57. The zero-order valence-corrected chi connectivity index (χ0v) is 11.1. The Morgan fingerprint density at radius 1 is 1.52 bits per heavy atom. The Balaban J connectivity index is 2.08. The lowest BCUT2D eigenvalue weighted by atomic mass is 10.1. The molecule has 21 heavy (non-hydrogen) atoms. The number of hydrogen-bond donors (Lipinski definition) is 2. The van der Waals surface area contributed by atoms with Gasteiger partial charge in [0.15, 0.2) is 0 Å². The SMILES string of the molecule is O=[N+]([O-])c1cnc(C(F)(F)F)cc1NCC[C@H]1CCCN1. The van der Waals surface area contributed by atoms with Gasteiger partial charge in [0.25, 0.3) is 0 Å². The summed E-state index contributed by atoms with van der Waals surface area (Å²) in [6, 6.07) is 0.987. The molecule has 0 unspecified atom stereocenters. The van der Waals surface area contributed by atoms with E-state index in [2.05, 4.69) is 15.6 Å². The molecule has 9 heteroatoms. The fourth-order valence-electron chi connectivity index (χ4n) is 2.27. The highest BCUT2D eigenvalue weighted by atomic mass is 19.4. The third-order valence-electron chi connectivity index (χ3n) is 3.34. The number of alkyl halides is 3. The van der Waals surface area contributed by atoms with Gasteiger partial charge in [-0.2, -0.15) is 13.2 Å². The highest BCUT2D eigenvalue weighted by molar-refractivity contribution is 5.61. The van der Waals surface area contributed by atoms with E-state index in [1.165, 1.54) is 0 Å². The van der Waals surface area contributed by atoms with E-state index in [0.717, 1.165) is 19.4 Å². The van der Waals surface area contributed by atoms with Crippen molar-refractivity contribution in [2.24, 2.45) is 0 Å². The van der Waals surface area contributed by atoms with Crippen molar-refractivity contribution in [2.45, 2.75) is 31.5 Å². The van der Waals surface area contributed by atoms with Crippen LogP contribution in [0.15, 0.2) is 12.3 Å². The molecule has 6 nitrogen and oxygen atoms in total. The average molecular weight is 304 g/mol. The minimum Gasteiger partial charge on any atom is -0.379 e. The lowest BCUT2D eigenvalue weighted by Crippen LogP contribution is -2.24. The van der Waals surface area contributed by atoms with Crippen molar-refractivity contribution in [1.82, 2.24) is 10.3 Å². The standard InChI is InChI=1S/C12H15F3N4O2/c13-12(14,15)11-6-9(10(7-18-11)19(20)21)17-5-3-8-2-1-4-16-8/h6-8,16H,1-5H2,(H,17,18)/t8-/m1/s1. The minimum atomic E-state index is -4.63. The number of nitrogens with one attached hydrogen (secondary N) is 2. The summed E-state index contributed by atoms with van der Waals surface area (Å²) in [6.45, 7) is 1.29. The van der Waals surface area contributed by atoms with Crippen molar-refractivity contribution in [1.29, 1.82) is 0 Å². The summed E-state index contributed by atoms with van der Waals surface area (Å²) in [5.41, 5.74) is -1.75. The van der Waals surface area contributed by atoms with Gasteiger partial charge in [0.1, 0.15) is 17.6 Å². The van der Waals surface area contributed by atoms with E-state index >= 15 is 0 Å². The van der Waals surface area contributed by atoms with Crippen molar-refractivity contribution >= 4 is 11.4 Å². The number of anilines is 1. The fraction of sp³-hybridized carbons (Fsp3) is 0.583. The summed E-state index contributed by atoms with van der Waals surface area (Å²) in [7, 11) is 0. The Morgan fingerprint density at radius 2 is 2.29 bits per heavy atom. The minimum absolute atomic E-state index is 0.152. The maximum absolute atomic E-state index is 12.6. The molecule has 0 radical (unpaired) electrons. The molecular weight excluding hydrogens is 289 g/mol. The van der Waals surface area contributed by atoms with Crippen molar-refractivity contribution < 1.29 is 18.1 Å². The third-order valence-corrected chi connectivity index (χ3v) is 3.34. The Bertz CT molecular complexity index is 516. The summed E-state index contributed by atoms with van der Waals surface area (Å²) >= 11 is 0. The highest BCUT2D eigenvalue weighted by Crippen LogP contribution is 2.32. The van der Waals surface area contributed by atoms with E-state index in [0.29, 0.717) is 31.3 Å². The first-order chi connectivity index (χ1) is 9.88. The van der Waals surface area contributed by atoms with Crippen LogP contribution in [-0.2, 0) is 6.18 Å². The molecule has 1 saturated heterocycles.